The zero-order chi connectivity index (χ0) is 22.9. The average Bonchev–Trinajstić information content (AvgIpc) is 3.16. The van der Waals surface area contributed by atoms with Gasteiger partial charge in [-0.05, 0) is 69.3 Å². The first kappa shape index (κ1) is 21.2. The van der Waals surface area contributed by atoms with Gasteiger partial charge in [-0.25, -0.2) is 14.8 Å². The van der Waals surface area contributed by atoms with Crippen LogP contribution in [0.3, 0.4) is 0 Å². The standard InChI is InChI=1S/C28H22N2O2S/c1-17-4-9-20(10-5-17)26-29-25(28(31)32-26)16-22-15-21-14-19(3)8-13-24(21)30-27(22)33-23-11-6-18(2)7-12-23/h4-16H,1-3H3/b25-16+. The Morgan fingerprint density at radius 2 is 1.48 bits per heavy atom. The van der Waals surface area contributed by atoms with Gasteiger partial charge in [0.2, 0.25) is 5.90 Å². The van der Waals surface area contributed by atoms with E-state index in [-0.39, 0.29) is 5.70 Å². The van der Waals surface area contributed by atoms with Gasteiger partial charge in [-0.3, -0.25) is 0 Å². The number of nitrogens with zero attached hydrogens (tertiary/aromatic N) is 2. The summed E-state index contributed by atoms with van der Waals surface area (Å²) in [6, 6.07) is 24.3. The number of hydrogen-bond donors (Lipinski definition) is 0. The first-order valence-electron chi connectivity index (χ1n) is 10.7. The van der Waals surface area contributed by atoms with Crippen molar-refractivity contribution < 1.29 is 9.53 Å². The molecule has 0 atom stereocenters. The van der Waals surface area contributed by atoms with Crippen LogP contribution in [-0.4, -0.2) is 16.9 Å². The number of cyclic esters (lactones) is 1. The minimum Gasteiger partial charge on any atom is -0.402 e. The van der Waals surface area contributed by atoms with Gasteiger partial charge in [0.05, 0.1) is 5.52 Å². The fourth-order valence-corrected chi connectivity index (χ4v) is 4.45. The molecule has 0 fully saturated rings. The Bertz CT molecular complexity index is 1440. The quantitative estimate of drug-likeness (QED) is 0.258. The average molecular weight is 451 g/mol. The van der Waals surface area contributed by atoms with Gasteiger partial charge in [-0.2, -0.15) is 0 Å². The smallest absolute Gasteiger partial charge is 0.363 e. The van der Waals surface area contributed by atoms with Gasteiger partial charge in [0.15, 0.2) is 5.70 Å². The Balaban J connectivity index is 1.59. The Hall–Kier alpha value is -3.70. The lowest BCUT2D eigenvalue weighted by molar-refractivity contribution is -0.129. The van der Waals surface area contributed by atoms with Crippen molar-refractivity contribution in [3.8, 4) is 0 Å². The fraction of sp³-hybridized carbons (Fsp3) is 0.107. The summed E-state index contributed by atoms with van der Waals surface area (Å²) in [6.07, 6.45) is 1.77. The third-order valence-corrected chi connectivity index (χ3v) is 6.44. The van der Waals surface area contributed by atoms with Crippen LogP contribution in [0.1, 0.15) is 27.8 Å². The molecule has 1 aliphatic rings. The number of carbonyl (C=O) groups is 1. The molecule has 0 saturated heterocycles. The molecule has 0 aliphatic carbocycles. The molecule has 1 aromatic heterocycles. The molecule has 0 spiro atoms. The molecular formula is C28H22N2O2S. The number of aromatic nitrogens is 1. The number of aryl methyl sites for hydroxylation is 3. The van der Waals surface area contributed by atoms with Crippen molar-refractivity contribution in [1.82, 2.24) is 4.98 Å². The highest BCUT2D eigenvalue weighted by atomic mass is 32.2. The number of pyridine rings is 1. The van der Waals surface area contributed by atoms with Crippen molar-refractivity contribution in [1.29, 1.82) is 0 Å². The highest BCUT2D eigenvalue weighted by molar-refractivity contribution is 7.99. The summed E-state index contributed by atoms with van der Waals surface area (Å²) in [5, 5.41) is 1.83. The zero-order valence-corrected chi connectivity index (χ0v) is 19.4. The Morgan fingerprint density at radius 3 is 2.21 bits per heavy atom. The molecule has 0 radical (unpaired) electrons. The van der Waals surface area contributed by atoms with E-state index in [0.29, 0.717) is 5.90 Å². The van der Waals surface area contributed by atoms with Gasteiger partial charge in [0.25, 0.3) is 0 Å². The first-order valence-corrected chi connectivity index (χ1v) is 11.5. The maximum atomic E-state index is 12.6. The van der Waals surface area contributed by atoms with Crippen molar-refractivity contribution in [2.24, 2.45) is 4.99 Å². The molecule has 3 aromatic carbocycles. The summed E-state index contributed by atoms with van der Waals surface area (Å²) >= 11 is 1.57. The molecule has 162 valence electrons. The molecule has 4 nitrogen and oxygen atoms in total. The number of fused-ring (bicyclic) bond motifs is 1. The molecule has 33 heavy (non-hydrogen) atoms. The predicted molar refractivity (Wildman–Crippen MR) is 134 cm³/mol. The van der Waals surface area contributed by atoms with Crippen LogP contribution in [0, 0.1) is 20.8 Å². The molecule has 0 amide bonds. The second-order valence-corrected chi connectivity index (χ2v) is 9.26. The van der Waals surface area contributed by atoms with Crippen LogP contribution < -0.4 is 0 Å². The zero-order valence-electron chi connectivity index (χ0n) is 18.6. The van der Waals surface area contributed by atoms with Crippen molar-refractivity contribution in [3.05, 3.63) is 106 Å². The van der Waals surface area contributed by atoms with Gasteiger partial charge in [0, 0.05) is 21.4 Å². The molecule has 0 saturated carbocycles. The van der Waals surface area contributed by atoms with Gasteiger partial charge < -0.3 is 4.74 Å². The van der Waals surface area contributed by atoms with Gasteiger partial charge in [-0.1, -0.05) is 58.8 Å². The molecule has 4 aromatic rings. The van der Waals surface area contributed by atoms with Crippen molar-refractivity contribution in [2.75, 3.05) is 0 Å². The van der Waals surface area contributed by atoms with E-state index < -0.39 is 5.97 Å². The molecule has 5 rings (SSSR count). The van der Waals surface area contributed by atoms with E-state index in [0.717, 1.165) is 43.1 Å². The first-order chi connectivity index (χ1) is 15.9. The van der Waals surface area contributed by atoms with E-state index >= 15 is 0 Å². The van der Waals surface area contributed by atoms with Crippen LogP contribution in [0.15, 0.2) is 93.4 Å². The Kier molecular flexibility index (Phi) is 5.56. The summed E-state index contributed by atoms with van der Waals surface area (Å²) in [5.74, 6) is -0.134. The number of benzene rings is 3. The highest BCUT2D eigenvalue weighted by Gasteiger charge is 2.24. The summed E-state index contributed by atoms with van der Waals surface area (Å²) in [6.45, 7) is 6.13. The third-order valence-electron chi connectivity index (χ3n) is 5.41. The monoisotopic (exact) mass is 450 g/mol. The largest absolute Gasteiger partial charge is 0.402 e. The van der Waals surface area contributed by atoms with E-state index in [1.807, 2.05) is 37.3 Å². The molecule has 0 unspecified atom stereocenters. The van der Waals surface area contributed by atoms with Gasteiger partial charge in [0.1, 0.15) is 5.03 Å². The SMILES string of the molecule is Cc1ccc(Sc2nc3ccc(C)cc3cc2/C=C2/N=C(c3ccc(C)cc3)OC2=O)cc1. The third kappa shape index (κ3) is 4.59. The second-order valence-electron chi connectivity index (χ2n) is 8.20. The minimum absolute atomic E-state index is 0.269. The lowest BCUT2D eigenvalue weighted by Crippen LogP contribution is -2.05. The Labute approximate surface area is 197 Å². The van der Waals surface area contributed by atoms with Crippen LogP contribution in [0.25, 0.3) is 17.0 Å². The second kappa shape index (κ2) is 8.68. The molecule has 0 N–H and O–H groups in total. The molecular weight excluding hydrogens is 428 g/mol. The minimum atomic E-state index is -0.457. The van der Waals surface area contributed by atoms with Crippen LogP contribution in [0.4, 0.5) is 0 Å². The van der Waals surface area contributed by atoms with Crippen LogP contribution in [-0.2, 0) is 9.53 Å². The van der Waals surface area contributed by atoms with Crippen molar-refractivity contribution in [2.45, 2.75) is 30.7 Å². The van der Waals surface area contributed by atoms with Gasteiger partial charge in [-0.15, -0.1) is 0 Å². The number of hydrogen-bond acceptors (Lipinski definition) is 5. The Morgan fingerprint density at radius 1 is 0.818 bits per heavy atom. The van der Waals surface area contributed by atoms with E-state index in [1.165, 1.54) is 5.56 Å². The van der Waals surface area contributed by atoms with E-state index in [9.17, 15) is 4.79 Å². The molecule has 2 heterocycles. The molecule has 1 aliphatic heterocycles. The maximum absolute atomic E-state index is 12.6. The lowest BCUT2D eigenvalue weighted by Gasteiger charge is -2.09. The lowest BCUT2D eigenvalue weighted by atomic mass is 10.1. The van der Waals surface area contributed by atoms with Crippen LogP contribution in [0.2, 0.25) is 0 Å². The normalized spacial score (nSPS) is 14.6. The number of rotatable bonds is 4. The van der Waals surface area contributed by atoms with E-state index in [1.54, 1.807) is 17.8 Å². The summed E-state index contributed by atoms with van der Waals surface area (Å²) in [5.41, 5.74) is 6.28. The van der Waals surface area contributed by atoms with Gasteiger partial charge >= 0.3 is 5.97 Å². The fourth-order valence-electron chi connectivity index (χ4n) is 3.57. The predicted octanol–water partition coefficient (Wildman–Crippen LogP) is 6.66. The summed E-state index contributed by atoms with van der Waals surface area (Å²) < 4.78 is 5.47. The maximum Gasteiger partial charge on any atom is 0.363 e. The van der Waals surface area contributed by atoms with E-state index in [4.69, 9.17) is 9.72 Å². The van der Waals surface area contributed by atoms with Crippen molar-refractivity contribution in [3.63, 3.8) is 0 Å². The van der Waals surface area contributed by atoms with Crippen LogP contribution in [0.5, 0.6) is 0 Å². The molecule has 5 heteroatoms. The van der Waals surface area contributed by atoms with Crippen molar-refractivity contribution >= 4 is 40.6 Å². The number of ether oxygens (including phenoxy) is 1. The van der Waals surface area contributed by atoms with Crippen LogP contribution >= 0.6 is 11.8 Å². The number of carbonyl (C=O) groups excluding carboxylic acids is 1. The summed E-state index contributed by atoms with van der Waals surface area (Å²) in [7, 11) is 0. The summed E-state index contributed by atoms with van der Waals surface area (Å²) in [4.78, 5) is 23.1. The number of esters is 1. The topological polar surface area (TPSA) is 51.6 Å². The molecule has 0 bridgehead atoms. The van der Waals surface area contributed by atoms with E-state index in [2.05, 4.69) is 61.3 Å². The highest BCUT2D eigenvalue weighted by Crippen LogP contribution is 2.33. The number of aliphatic imine (C=N–C) groups is 1.